The van der Waals surface area contributed by atoms with Gasteiger partial charge in [0.15, 0.2) is 0 Å². The van der Waals surface area contributed by atoms with Crippen LogP contribution in [0.25, 0.3) is 0 Å². The maximum Gasteiger partial charge on any atom is 0.135 e. The van der Waals surface area contributed by atoms with Crippen molar-refractivity contribution >= 4 is 12.2 Å². The average Bonchev–Trinajstić information content (AvgIpc) is 1.83. The molecule has 0 fully saturated rings. The van der Waals surface area contributed by atoms with Gasteiger partial charge in [0.2, 0.25) is 0 Å². The summed E-state index contributed by atoms with van der Waals surface area (Å²) in [5.74, 6) is 5.46. The van der Waals surface area contributed by atoms with Crippen molar-refractivity contribution in [2.75, 3.05) is 6.54 Å². The summed E-state index contributed by atoms with van der Waals surface area (Å²) < 4.78 is 0. The van der Waals surface area contributed by atoms with Crippen molar-refractivity contribution in [3.05, 3.63) is 0 Å². The number of amidine groups is 1. The Kier molecular flexibility index (Phi) is 1.46. The Labute approximate surface area is 52.8 Å². The Morgan fingerprint density at radius 2 is 2.56 bits per heavy atom. The first-order chi connectivity index (χ1) is 4.22. The van der Waals surface area contributed by atoms with Gasteiger partial charge in [-0.25, -0.2) is 5.84 Å². The Morgan fingerprint density at radius 3 is 3.00 bits per heavy atom. The van der Waals surface area contributed by atoms with Gasteiger partial charge in [0, 0.05) is 0 Å². The van der Waals surface area contributed by atoms with E-state index in [0.717, 1.165) is 5.01 Å². The van der Waals surface area contributed by atoms with Crippen molar-refractivity contribution < 1.29 is 0 Å². The number of rotatable bonds is 0. The second-order valence-corrected chi connectivity index (χ2v) is 1.88. The molecule has 1 unspecified atom stereocenters. The lowest BCUT2D eigenvalue weighted by Gasteiger charge is -2.22. The van der Waals surface area contributed by atoms with E-state index in [1.54, 1.807) is 0 Å². The van der Waals surface area contributed by atoms with Crippen LogP contribution >= 0.6 is 0 Å². The topological polar surface area (TPSA) is 91.5 Å². The van der Waals surface area contributed by atoms with E-state index in [-0.39, 0.29) is 11.9 Å². The molecule has 50 valence electrons. The number of hydrazine groups is 1. The van der Waals surface area contributed by atoms with Crippen LogP contribution in [0.4, 0.5) is 0 Å². The van der Waals surface area contributed by atoms with Crippen LogP contribution in [-0.2, 0) is 0 Å². The van der Waals surface area contributed by atoms with Crippen molar-refractivity contribution in [2.45, 2.75) is 6.04 Å². The Balaban J connectivity index is 2.69. The molecule has 5 N–H and O–H groups in total. The summed E-state index contributed by atoms with van der Waals surface area (Å²) in [7, 11) is 0. The molecule has 1 heterocycles. The molecular weight excluding hydrogens is 118 g/mol. The molecular formula is C4H9N5. The fourth-order valence-corrected chi connectivity index (χ4v) is 0.589. The maximum atomic E-state index is 7.19. The minimum Gasteiger partial charge on any atom is -0.320 e. The zero-order valence-electron chi connectivity index (χ0n) is 4.91. The number of nitrogens with two attached hydrogens (primary N) is 2. The fourth-order valence-electron chi connectivity index (χ4n) is 0.589. The smallest absolute Gasteiger partial charge is 0.135 e. The maximum absolute atomic E-state index is 7.19. The molecule has 1 atom stereocenters. The highest BCUT2D eigenvalue weighted by Gasteiger charge is 2.15. The van der Waals surface area contributed by atoms with Crippen molar-refractivity contribution in [3.63, 3.8) is 0 Å². The molecule has 0 bridgehead atoms. The van der Waals surface area contributed by atoms with Crippen LogP contribution in [0.5, 0.6) is 0 Å². The predicted molar refractivity (Wildman–Crippen MR) is 35.1 cm³/mol. The van der Waals surface area contributed by atoms with Crippen LogP contribution in [-0.4, -0.2) is 29.8 Å². The zero-order valence-corrected chi connectivity index (χ0v) is 4.91. The first-order valence-electron chi connectivity index (χ1n) is 2.59. The first-order valence-corrected chi connectivity index (χ1v) is 2.59. The lowest BCUT2D eigenvalue weighted by molar-refractivity contribution is 0.595. The van der Waals surface area contributed by atoms with E-state index in [4.69, 9.17) is 17.0 Å². The van der Waals surface area contributed by atoms with E-state index in [1.807, 2.05) is 0 Å². The van der Waals surface area contributed by atoms with Gasteiger partial charge in [0.25, 0.3) is 0 Å². The van der Waals surface area contributed by atoms with Gasteiger partial charge < -0.3 is 5.73 Å². The normalized spacial score (nSPS) is 27.1. The predicted octanol–water partition coefficient (Wildman–Crippen LogP) is -1.49. The monoisotopic (exact) mass is 127 g/mol. The number of nitrogens with one attached hydrogen (secondary N) is 1. The lowest BCUT2D eigenvalue weighted by atomic mass is 10.2. The average molecular weight is 127 g/mol. The molecule has 0 aromatic rings. The number of nitrogens with zero attached hydrogens (tertiary/aromatic N) is 2. The van der Waals surface area contributed by atoms with Gasteiger partial charge in [0.1, 0.15) is 12.2 Å². The Morgan fingerprint density at radius 1 is 1.89 bits per heavy atom. The van der Waals surface area contributed by atoms with E-state index in [1.165, 1.54) is 6.34 Å². The minimum atomic E-state index is -0.333. The second-order valence-electron chi connectivity index (χ2n) is 1.88. The Hall–Kier alpha value is -0.940. The largest absolute Gasteiger partial charge is 0.320 e. The summed E-state index contributed by atoms with van der Waals surface area (Å²) >= 11 is 0. The van der Waals surface area contributed by atoms with Crippen molar-refractivity contribution in [2.24, 2.45) is 16.6 Å². The molecule has 1 rings (SSSR count). The van der Waals surface area contributed by atoms with Gasteiger partial charge in [-0.1, -0.05) is 0 Å². The van der Waals surface area contributed by atoms with Crippen LogP contribution in [0, 0.1) is 5.41 Å². The molecule has 0 aromatic heterocycles. The molecule has 0 amide bonds. The highest BCUT2D eigenvalue weighted by atomic mass is 15.4. The molecule has 0 aliphatic carbocycles. The first kappa shape index (κ1) is 6.18. The zero-order chi connectivity index (χ0) is 6.85. The Bertz CT molecular complexity index is 151. The van der Waals surface area contributed by atoms with Crippen LogP contribution < -0.4 is 11.6 Å². The standard InChI is InChI=1S/C4H9N5/c5-3-1-8-2-9(7)4(3)6/h2-3,6H,1,5,7H2. The molecule has 0 radical (unpaired) electrons. The van der Waals surface area contributed by atoms with E-state index in [2.05, 4.69) is 4.99 Å². The molecule has 9 heavy (non-hydrogen) atoms. The van der Waals surface area contributed by atoms with Crippen LogP contribution in [0.1, 0.15) is 0 Å². The van der Waals surface area contributed by atoms with Gasteiger partial charge in [-0.05, 0) is 0 Å². The molecule has 0 aromatic carbocycles. The highest BCUT2D eigenvalue weighted by Crippen LogP contribution is 1.91. The lowest BCUT2D eigenvalue weighted by Crippen LogP contribution is -2.50. The summed E-state index contributed by atoms with van der Waals surface area (Å²) in [6.45, 7) is 0.465. The second kappa shape index (κ2) is 2.12. The van der Waals surface area contributed by atoms with Gasteiger partial charge in [0.05, 0.1) is 12.6 Å². The molecule has 5 heteroatoms. The molecule has 0 saturated carbocycles. The molecule has 1 aliphatic rings. The number of hydrogen-bond donors (Lipinski definition) is 3. The van der Waals surface area contributed by atoms with Crippen molar-refractivity contribution in [1.29, 1.82) is 5.41 Å². The summed E-state index contributed by atoms with van der Waals surface area (Å²) in [4.78, 5) is 3.80. The van der Waals surface area contributed by atoms with Gasteiger partial charge in [-0.3, -0.25) is 15.4 Å². The van der Waals surface area contributed by atoms with Crippen molar-refractivity contribution in [3.8, 4) is 0 Å². The van der Waals surface area contributed by atoms with E-state index in [9.17, 15) is 0 Å². The van der Waals surface area contributed by atoms with E-state index < -0.39 is 0 Å². The number of aliphatic imine (C=N–C) groups is 1. The third-order valence-corrected chi connectivity index (χ3v) is 1.14. The van der Waals surface area contributed by atoms with Crippen LogP contribution in [0.3, 0.4) is 0 Å². The SMILES string of the molecule is N=C1C(N)CN=CN1N. The quantitative estimate of drug-likeness (QED) is 0.346. The summed E-state index contributed by atoms with van der Waals surface area (Å²) in [5.41, 5.74) is 5.41. The summed E-state index contributed by atoms with van der Waals surface area (Å²) in [6, 6.07) is -0.333. The van der Waals surface area contributed by atoms with Crippen molar-refractivity contribution in [1.82, 2.24) is 5.01 Å². The molecule has 5 nitrogen and oxygen atoms in total. The third kappa shape index (κ3) is 1.06. The molecule has 0 saturated heterocycles. The molecule has 0 spiro atoms. The van der Waals surface area contributed by atoms with E-state index >= 15 is 0 Å². The summed E-state index contributed by atoms with van der Waals surface area (Å²) in [6.07, 6.45) is 1.39. The van der Waals surface area contributed by atoms with Gasteiger partial charge >= 0.3 is 0 Å². The minimum absolute atomic E-state index is 0.213. The van der Waals surface area contributed by atoms with Crippen LogP contribution in [0.15, 0.2) is 4.99 Å². The number of hydrogen-bond acceptors (Lipinski definition) is 4. The summed E-state index contributed by atoms with van der Waals surface area (Å²) in [5, 5.41) is 8.30. The van der Waals surface area contributed by atoms with Gasteiger partial charge in [-0.2, -0.15) is 0 Å². The fraction of sp³-hybridized carbons (Fsp3) is 0.500. The van der Waals surface area contributed by atoms with Crippen LogP contribution in [0.2, 0.25) is 0 Å². The van der Waals surface area contributed by atoms with E-state index in [0.29, 0.717) is 6.54 Å². The molecule has 1 aliphatic heterocycles. The third-order valence-electron chi connectivity index (χ3n) is 1.14. The van der Waals surface area contributed by atoms with Gasteiger partial charge in [-0.15, -0.1) is 0 Å². The highest BCUT2D eigenvalue weighted by molar-refractivity contribution is 5.94.